The van der Waals surface area contributed by atoms with Gasteiger partial charge in [-0.05, 0) is 18.2 Å². The summed E-state index contributed by atoms with van der Waals surface area (Å²) in [5, 5.41) is 47.6. The van der Waals surface area contributed by atoms with Gasteiger partial charge in [0.25, 0.3) is 0 Å². The number of phenols is 4. The van der Waals surface area contributed by atoms with Gasteiger partial charge in [-0.1, -0.05) is 0 Å². The molecule has 3 aromatic heterocycles. The Morgan fingerprint density at radius 2 is 1.69 bits per heavy atom. The first-order valence-corrected chi connectivity index (χ1v) is 8.90. The van der Waals surface area contributed by atoms with E-state index >= 15 is 0 Å². The first kappa shape index (κ1) is 20.3. The lowest BCUT2D eigenvalue weighted by Gasteiger charge is -2.08. The highest BCUT2D eigenvalue weighted by Gasteiger charge is 2.19. The Morgan fingerprint density at radius 1 is 0.906 bits per heavy atom. The van der Waals surface area contributed by atoms with Gasteiger partial charge in [-0.25, -0.2) is 15.0 Å². The molecule has 0 aliphatic carbocycles. The third-order valence-electron chi connectivity index (χ3n) is 4.43. The largest absolute Gasteiger partial charge is 0.508 e. The number of aromatic amines is 1. The van der Waals surface area contributed by atoms with Crippen LogP contribution in [-0.2, 0) is 0 Å². The van der Waals surface area contributed by atoms with Crippen molar-refractivity contribution in [2.75, 3.05) is 5.73 Å². The molecule has 3 heterocycles. The van der Waals surface area contributed by atoms with E-state index in [9.17, 15) is 30.3 Å². The average Bonchev–Trinajstić information content (AvgIpc) is 3.23. The molecular formula is C20H15N5O7. The molecule has 0 radical (unpaired) electrons. The Bertz CT molecular complexity index is 1530. The standard InChI is InChI=1S/C15H10O7.C5H5N5/c16-7-4-10(19)12-11(5-7)22-15(14(21)13(12)20)6-1-2-8(17)9(18)3-6;6-4-3-5(9-1-7-3)10-2-8-4/h1-5,16-19,21H;1-2H,(H3,6,7,8,9,10). The molecule has 12 nitrogen and oxygen atoms in total. The lowest BCUT2D eigenvalue weighted by molar-refractivity contribution is 0.403. The smallest absolute Gasteiger partial charge is 0.238 e. The molecule has 32 heavy (non-hydrogen) atoms. The number of aromatic nitrogens is 4. The van der Waals surface area contributed by atoms with Crippen LogP contribution in [0.3, 0.4) is 0 Å². The number of rotatable bonds is 1. The predicted octanol–water partition coefficient (Wildman–Crippen LogP) is 1.92. The van der Waals surface area contributed by atoms with Crippen molar-refractivity contribution >= 4 is 28.0 Å². The van der Waals surface area contributed by atoms with Gasteiger partial charge >= 0.3 is 0 Å². The Balaban J connectivity index is 0.000000203. The fourth-order valence-electron chi connectivity index (χ4n) is 2.92. The van der Waals surface area contributed by atoms with Gasteiger partial charge in [0.15, 0.2) is 28.7 Å². The van der Waals surface area contributed by atoms with Crippen LogP contribution in [0.5, 0.6) is 28.7 Å². The Kier molecular flexibility index (Phi) is 4.87. The van der Waals surface area contributed by atoms with Crippen molar-refractivity contribution in [1.29, 1.82) is 0 Å². The topological polar surface area (TPSA) is 212 Å². The van der Waals surface area contributed by atoms with Crippen LogP contribution < -0.4 is 11.2 Å². The van der Waals surface area contributed by atoms with Crippen molar-refractivity contribution in [3.63, 3.8) is 0 Å². The molecule has 5 rings (SSSR count). The maximum Gasteiger partial charge on any atom is 0.238 e. The van der Waals surface area contributed by atoms with Gasteiger partial charge < -0.3 is 40.7 Å². The van der Waals surface area contributed by atoms with Gasteiger partial charge in [0.1, 0.15) is 34.3 Å². The quantitative estimate of drug-likeness (QED) is 0.188. The normalized spacial score (nSPS) is 10.8. The maximum atomic E-state index is 12.1. The van der Waals surface area contributed by atoms with Crippen LogP contribution in [0.1, 0.15) is 0 Å². The second-order valence-electron chi connectivity index (χ2n) is 6.51. The summed E-state index contributed by atoms with van der Waals surface area (Å²) in [4.78, 5) is 26.5. The number of hydrogen-bond acceptors (Lipinski definition) is 11. The molecule has 0 saturated carbocycles. The molecule has 0 saturated heterocycles. The van der Waals surface area contributed by atoms with Crippen molar-refractivity contribution in [2.45, 2.75) is 0 Å². The number of nitrogens with zero attached hydrogens (tertiary/aromatic N) is 3. The molecule has 2 aromatic carbocycles. The first-order chi connectivity index (χ1) is 15.3. The molecule has 0 bridgehead atoms. The number of nitrogens with two attached hydrogens (primary N) is 1. The zero-order valence-electron chi connectivity index (χ0n) is 16.0. The van der Waals surface area contributed by atoms with Crippen LogP contribution in [-0.4, -0.2) is 45.5 Å². The van der Waals surface area contributed by atoms with Crippen LogP contribution in [0.2, 0.25) is 0 Å². The zero-order chi connectivity index (χ0) is 23.0. The lowest BCUT2D eigenvalue weighted by atomic mass is 10.1. The number of hydrogen-bond donors (Lipinski definition) is 7. The molecule has 0 fully saturated rings. The number of benzene rings is 2. The van der Waals surface area contributed by atoms with Crippen molar-refractivity contribution in [3.8, 4) is 40.1 Å². The highest BCUT2D eigenvalue weighted by Crippen LogP contribution is 2.37. The van der Waals surface area contributed by atoms with Crippen LogP contribution >= 0.6 is 0 Å². The minimum absolute atomic E-state index is 0.134. The number of anilines is 1. The van der Waals surface area contributed by atoms with Gasteiger partial charge in [-0.2, -0.15) is 0 Å². The summed E-state index contributed by atoms with van der Waals surface area (Å²) in [6.45, 7) is 0. The highest BCUT2D eigenvalue weighted by molar-refractivity contribution is 5.88. The first-order valence-electron chi connectivity index (χ1n) is 8.90. The van der Waals surface area contributed by atoms with E-state index in [2.05, 4.69) is 19.9 Å². The van der Waals surface area contributed by atoms with Crippen molar-refractivity contribution in [2.24, 2.45) is 0 Å². The number of imidazole rings is 1. The number of phenolic OH excluding ortho intramolecular Hbond substituents is 4. The summed E-state index contributed by atoms with van der Waals surface area (Å²) < 4.78 is 5.35. The van der Waals surface area contributed by atoms with Crippen LogP contribution in [0, 0.1) is 0 Å². The van der Waals surface area contributed by atoms with E-state index in [1.54, 1.807) is 0 Å². The molecule has 0 aliphatic rings. The van der Waals surface area contributed by atoms with Crippen LogP contribution in [0.4, 0.5) is 5.82 Å². The van der Waals surface area contributed by atoms with Gasteiger partial charge in [-0.3, -0.25) is 4.79 Å². The number of aromatic hydroxyl groups is 5. The van der Waals surface area contributed by atoms with E-state index < -0.39 is 22.7 Å². The number of nitrogens with one attached hydrogen (secondary N) is 1. The van der Waals surface area contributed by atoms with E-state index in [0.29, 0.717) is 17.0 Å². The van der Waals surface area contributed by atoms with E-state index in [0.717, 1.165) is 24.3 Å². The Hall–Kier alpha value is -5.00. The minimum atomic E-state index is -0.888. The number of nitrogen functional groups attached to an aromatic ring is 1. The third kappa shape index (κ3) is 3.52. The summed E-state index contributed by atoms with van der Waals surface area (Å²) >= 11 is 0. The predicted molar refractivity (Wildman–Crippen MR) is 112 cm³/mol. The molecule has 0 atom stereocenters. The molecular weight excluding hydrogens is 422 g/mol. The molecule has 0 amide bonds. The summed E-state index contributed by atoms with van der Waals surface area (Å²) in [6, 6.07) is 5.64. The fourth-order valence-corrected chi connectivity index (χ4v) is 2.92. The average molecular weight is 437 g/mol. The zero-order valence-corrected chi connectivity index (χ0v) is 16.0. The summed E-state index contributed by atoms with van der Waals surface area (Å²) in [5.41, 5.74) is 5.89. The van der Waals surface area contributed by atoms with E-state index in [1.807, 2.05) is 0 Å². The van der Waals surface area contributed by atoms with Gasteiger partial charge in [0.2, 0.25) is 11.2 Å². The number of fused-ring (bicyclic) bond motifs is 2. The van der Waals surface area contributed by atoms with Gasteiger partial charge in [0, 0.05) is 17.7 Å². The second-order valence-corrected chi connectivity index (χ2v) is 6.51. The molecule has 8 N–H and O–H groups in total. The lowest BCUT2D eigenvalue weighted by Crippen LogP contribution is -2.02. The maximum absolute atomic E-state index is 12.1. The second kappa shape index (κ2) is 7.68. The van der Waals surface area contributed by atoms with Crippen LogP contribution in [0.25, 0.3) is 33.5 Å². The minimum Gasteiger partial charge on any atom is -0.508 e. The van der Waals surface area contributed by atoms with Gasteiger partial charge in [0.05, 0.1) is 6.33 Å². The number of H-pyrrole nitrogens is 1. The van der Waals surface area contributed by atoms with Crippen LogP contribution in [0.15, 0.2) is 52.2 Å². The molecule has 0 aliphatic heterocycles. The van der Waals surface area contributed by atoms with Crippen molar-refractivity contribution in [3.05, 3.63) is 53.2 Å². The van der Waals surface area contributed by atoms with E-state index in [-0.39, 0.29) is 33.8 Å². The highest BCUT2D eigenvalue weighted by atomic mass is 16.4. The SMILES string of the molecule is Nc1ncnc2nc[nH]c12.O=c1c(O)c(-c2ccc(O)c(O)c2)oc2cc(O)cc(O)c12. The van der Waals surface area contributed by atoms with E-state index in [1.165, 1.54) is 18.7 Å². The van der Waals surface area contributed by atoms with Crippen molar-refractivity contribution < 1.29 is 29.9 Å². The molecule has 5 aromatic rings. The summed E-state index contributed by atoms with van der Waals surface area (Å²) in [5.74, 6) is -2.28. The molecule has 162 valence electrons. The van der Waals surface area contributed by atoms with Crippen molar-refractivity contribution in [1.82, 2.24) is 19.9 Å². The Labute approximate surface area is 177 Å². The molecule has 0 unspecified atom stereocenters. The van der Waals surface area contributed by atoms with E-state index in [4.69, 9.17) is 10.2 Å². The fraction of sp³-hybridized carbons (Fsp3) is 0. The van der Waals surface area contributed by atoms with Gasteiger partial charge in [-0.15, -0.1) is 0 Å². The monoisotopic (exact) mass is 437 g/mol. The third-order valence-corrected chi connectivity index (χ3v) is 4.43. The summed E-state index contributed by atoms with van der Waals surface area (Å²) in [7, 11) is 0. The summed E-state index contributed by atoms with van der Waals surface area (Å²) in [6.07, 6.45) is 2.92. The molecule has 12 heteroatoms. The Morgan fingerprint density at radius 3 is 2.41 bits per heavy atom. The molecule has 0 spiro atoms.